The van der Waals surface area contributed by atoms with Gasteiger partial charge in [0.05, 0.1) is 0 Å². The summed E-state index contributed by atoms with van der Waals surface area (Å²) in [6, 6.07) is 4.27. The molecule has 0 spiro atoms. The lowest BCUT2D eigenvalue weighted by Crippen LogP contribution is -2.52. The molecule has 0 aromatic heterocycles. The Balaban J connectivity index is 3.43. The number of carboxylic acids is 1. The number of benzene rings is 1. The van der Waals surface area contributed by atoms with E-state index in [9.17, 15) is 19.1 Å². The minimum Gasteiger partial charge on any atom is -0.479 e. The number of carbonyl (C=O) groups is 2. The van der Waals surface area contributed by atoms with Crippen LogP contribution in [0.1, 0.15) is 38.3 Å². The van der Waals surface area contributed by atoms with Crippen molar-refractivity contribution in [1.29, 1.82) is 0 Å². The van der Waals surface area contributed by atoms with E-state index in [2.05, 4.69) is 0 Å². The van der Waals surface area contributed by atoms with Gasteiger partial charge in [0.25, 0.3) is 0 Å². The van der Waals surface area contributed by atoms with Crippen molar-refractivity contribution in [3.63, 3.8) is 0 Å². The maximum atomic E-state index is 13.7. The van der Waals surface area contributed by atoms with Gasteiger partial charge in [-0.15, -0.1) is 0 Å². The molecule has 4 nitrogen and oxygen atoms in total. The van der Waals surface area contributed by atoms with Crippen LogP contribution in [-0.4, -0.2) is 28.4 Å². The van der Waals surface area contributed by atoms with Crippen molar-refractivity contribution < 1.29 is 19.1 Å². The Morgan fingerprint density at radius 1 is 1.40 bits per heavy atom. The first-order valence-corrected chi connectivity index (χ1v) is 6.53. The first-order chi connectivity index (χ1) is 9.25. The molecule has 1 atom stereocenters. The van der Waals surface area contributed by atoms with Gasteiger partial charge in [0.1, 0.15) is 5.82 Å². The van der Waals surface area contributed by atoms with Crippen LogP contribution in [0.25, 0.3) is 0 Å². The van der Waals surface area contributed by atoms with Crippen LogP contribution in [0.15, 0.2) is 18.2 Å². The minimum atomic E-state index is -1.57. The molecule has 0 fully saturated rings. The highest BCUT2D eigenvalue weighted by Crippen LogP contribution is 2.30. The Labute approximate surface area is 118 Å². The maximum absolute atomic E-state index is 13.7. The van der Waals surface area contributed by atoms with Crippen molar-refractivity contribution in [2.24, 2.45) is 0 Å². The highest BCUT2D eigenvalue weighted by molar-refractivity contribution is 5.87. The summed E-state index contributed by atoms with van der Waals surface area (Å²) in [5.41, 5.74) is -0.876. The number of aliphatic carboxylic acids is 1. The van der Waals surface area contributed by atoms with E-state index in [1.165, 1.54) is 30.9 Å². The predicted octanol–water partition coefficient (Wildman–Crippen LogP) is 2.69. The largest absolute Gasteiger partial charge is 0.479 e. The molecule has 0 heterocycles. The molecule has 0 aliphatic carbocycles. The molecule has 110 valence electrons. The van der Waals surface area contributed by atoms with Gasteiger partial charge in [-0.3, -0.25) is 4.79 Å². The lowest BCUT2D eigenvalue weighted by Gasteiger charge is -2.37. The van der Waals surface area contributed by atoms with E-state index in [4.69, 9.17) is 0 Å². The third kappa shape index (κ3) is 2.81. The van der Waals surface area contributed by atoms with E-state index in [1.54, 1.807) is 13.0 Å². The molecule has 0 aliphatic rings. The summed E-state index contributed by atoms with van der Waals surface area (Å²) in [6.45, 7) is 6.51. The Morgan fingerprint density at radius 2 is 2.00 bits per heavy atom. The number of carbonyl (C=O) groups excluding carboxylic acids is 1. The van der Waals surface area contributed by atoms with E-state index in [-0.39, 0.29) is 11.5 Å². The molecule has 0 bridgehead atoms. The van der Waals surface area contributed by atoms with Gasteiger partial charge in [-0.2, -0.15) is 0 Å². The molecule has 5 heteroatoms. The van der Waals surface area contributed by atoms with Crippen LogP contribution in [-0.2, 0) is 15.1 Å². The van der Waals surface area contributed by atoms with E-state index in [0.29, 0.717) is 18.5 Å². The average Bonchev–Trinajstić information content (AvgIpc) is 2.37. The van der Waals surface area contributed by atoms with Gasteiger partial charge in [0.15, 0.2) is 5.54 Å². The molecule has 0 aliphatic heterocycles. The van der Waals surface area contributed by atoms with Crippen LogP contribution < -0.4 is 0 Å². The second-order valence-electron chi connectivity index (χ2n) is 5.01. The fourth-order valence-corrected chi connectivity index (χ4v) is 2.21. The summed E-state index contributed by atoms with van der Waals surface area (Å²) >= 11 is 0. The van der Waals surface area contributed by atoms with Gasteiger partial charge >= 0.3 is 5.97 Å². The van der Waals surface area contributed by atoms with Crippen LogP contribution in [0.4, 0.5) is 4.39 Å². The quantitative estimate of drug-likeness (QED) is 0.902. The van der Waals surface area contributed by atoms with Gasteiger partial charge in [0, 0.05) is 13.5 Å². The number of aryl methyl sites for hydroxylation is 1. The van der Waals surface area contributed by atoms with Crippen molar-refractivity contribution in [2.75, 3.05) is 6.54 Å². The van der Waals surface area contributed by atoms with Gasteiger partial charge in [0.2, 0.25) is 5.91 Å². The summed E-state index contributed by atoms with van der Waals surface area (Å²) in [4.78, 5) is 24.8. The van der Waals surface area contributed by atoms with Gasteiger partial charge in [-0.05, 0) is 37.5 Å². The molecule has 0 radical (unpaired) electrons. The summed E-state index contributed by atoms with van der Waals surface area (Å²) in [7, 11) is 0. The zero-order valence-corrected chi connectivity index (χ0v) is 12.2. The van der Waals surface area contributed by atoms with E-state index < -0.39 is 17.3 Å². The van der Waals surface area contributed by atoms with Crippen molar-refractivity contribution in [3.05, 3.63) is 35.1 Å². The zero-order chi connectivity index (χ0) is 15.5. The molecule has 1 aromatic carbocycles. The van der Waals surface area contributed by atoms with Crippen molar-refractivity contribution in [3.8, 4) is 0 Å². The monoisotopic (exact) mass is 281 g/mol. The summed E-state index contributed by atoms with van der Waals surface area (Å²) < 4.78 is 13.7. The maximum Gasteiger partial charge on any atom is 0.334 e. The molecular weight excluding hydrogens is 261 g/mol. The fourth-order valence-electron chi connectivity index (χ4n) is 2.21. The second kappa shape index (κ2) is 6.03. The topological polar surface area (TPSA) is 57.6 Å². The third-order valence-corrected chi connectivity index (χ3v) is 3.52. The van der Waals surface area contributed by atoms with Gasteiger partial charge < -0.3 is 10.0 Å². The smallest absolute Gasteiger partial charge is 0.334 e. The van der Waals surface area contributed by atoms with Crippen LogP contribution in [0.2, 0.25) is 0 Å². The number of halogens is 1. The van der Waals surface area contributed by atoms with Crippen LogP contribution in [0.5, 0.6) is 0 Å². The summed E-state index contributed by atoms with van der Waals surface area (Å²) in [5.74, 6) is -2.00. The van der Waals surface area contributed by atoms with Crippen molar-refractivity contribution in [1.82, 2.24) is 4.90 Å². The highest BCUT2D eigenvalue weighted by Gasteiger charge is 2.42. The standard InChI is InChI=1S/C15H20FNO3/c1-5-8-17(11(3)18)15(4,14(19)20)12-7-6-10(2)13(16)9-12/h6-7,9H,5,8H2,1-4H3,(H,19,20). The number of carboxylic acid groups (broad SMARTS) is 1. The van der Waals surface area contributed by atoms with Gasteiger partial charge in [-0.1, -0.05) is 19.1 Å². The van der Waals surface area contributed by atoms with Gasteiger partial charge in [-0.25, -0.2) is 9.18 Å². The number of rotatable bonds is 5. The lowest BCUT2D eigenvalue weighted by atomic mass is 9.89. The normalized spacial score (nSPS) is 13.7. The Hall–Kier alpha value is -1.91. The zero-order valence-electron chi connectivity index (χ0n) is 12.2. The highest BCUT2D eigenvalue weighted by atomic mass is 19.1. The minimum absolute atomic E-state index is 0.261. The third-order valence-electron chi connectivity index (χ3n) is 3.52. The second-order valence-corrected chi connectivity index (χ2v) is 5.01. The summed E-state index contributed by atoms with van der Waals surface area (Å²) in [6.07, 6.45) is 0.622. The molecule has 1 amide bonds. The number of hydrogen-bond donors (Lipinski definition) is 1. The SMILES string of the molecule is CCCN(C(C)=O)C(C)(C(=O)O)c1ccc(C)c(F)c1. The Morgan fingerprint density at radius 3 is 2.40 bits per heavy atom. The average molecular weight is 281 g/mol. The number of amides is 1. The van der Waals surface area contributed by atoms with Crippen LogP contribution in [0, 0.1) is 12.7 Å². The van der Waals surface area contributed by atoms with E-state index in [1.807, 2.05) is 6.92 Å². The first kappa shape index (κ1) is 16.1. The van der Waals surface area contributed by atoms with E-state index in [0.717, 1.165) is 0 Å². The van der Waals surface area contributed by atoms with E-state index >= 15 is 0 Å². The Kier molecular flexibility index (Phi) is 4.87. The first-order valence-electron chi connectivity index (χ1n) is 6.53. The molecule has 1 aromatic rings. The fraction of sp³-hybridized carbons (Fsp3) is 0.467. The lowest BCUT2D eigenvalue weighted by molar-refractivity contribution is -0.158. The summed E-state index contributed by atoms with van der Waals surface area (Å²) in [5, 5.41) is 9.58. The molecule has 1 rings (SSSR count). The van der Waals surface area contributed by atoms with Crippen LogP contribution >= 0.6 is 0 Å². The Bertz CT molecular complexity index is 530. The number of nitrogens with zero attached hydrogens (tertiary/aromatic N) is 1. The van der Waals surface area contributed by atoms with Crippen LogP contribution in [0.3, 0.4) is 0 Å². The molecule has 0 saturated heterocycles. The number of hydrogen-bond acceptors (Lipinski definition) is 2. The molecule has 1 N–H and O–H groups in total. The predicted molar refractivity (Wildman–Crippen MR) is 73.8 cm³/mol. The van der Waals surface area contributed by atoms with Crippen molar-refractivity contribution in [2.45, 2.75) is 39.7 Å². The molecular formula is C15H20FNO3. The van der Waals surface area contributed by atoms with Crippen molar-refractivity contribution >= 4 is 11.9 Å². The molecule has 1 unspecified atom stereocenters. The molecule has 0 saturated carbocycles. The molecule has 20 heavy (non-hydrogen) atoms.